The van der Waals surface area contributed by atoms with Crippen molar-refractivity contribution in [2.24, 2.45) is 5.73 Å². The van der Waals surface area contributed by atoms with E-state index < -0.39 is 5.91 Å². The number of hydrogen-bond acceptors (Lipinski definition) is 5. The molecule has 140 valence electrons. The summed E-state index contributed by atoms with van der Waals surface area (Å²) in [7, 11) is 0. The van der Waals surface area contributed by atoms with E-state index in [1.165, 1.54) is 11.3 Å². The van der Waals surface area contributed by atoms with Crippen LogP contribution in [0.4, 0.5) is 5.00 Å². The van der Waals surface area contributed by atoms with Crippen LogP contribution in [0.3, 0.4) is 0 Å². The smallest absolute Gasteiger partial charge is 0.261 e. The van der Waals surface area contributed by atoms with Crippen LogP contribution in [0.15, 0.2) is 30.3 Å². The van der Waals surface area contributed by atoms with E-state index in [-0.39, 0.29) is 30.7 Å². The van der Waals surface area contributed by atoms with Crippen LogP contribution in [0.5, 0.6) is 0 Å². The second-order valence-electron chi connectivity index (χ2n) is 6.13. The molecule has 0 fully saturated rings. The largest absolute Gasteiger partial charge is 0.366 e. The zero-order chi connectivity index (χ0) is 19.6. The normalized spacial score (nSPS) is 13.0. The predicted molar refractivity (Wildman–Crippen MR) is 102 cm³/mol. The van der Waals surface area contributed by atoms with Gasteiger partial charge < -0.3 is 11.1 Å². The number of carbonyl (C=O) groups excluding carboxylic acids is 4. The summed E-state index contributed by atoms with van der Waals surface area (Å²) in [6.07, 6.45) is 1.18. The van der Waals surface area contributed by atoms with Crippen molar-refractivity contribution in [1.29, 1.82) is 0 Å². The van der Waals surface area contributed by atoms with Gasteiger partial charge in [0.1, 0.15) is 5.00 Å². The number of nitrogens with two attached hydrogens (primary N) is 1. The fourth-order valence-electron chi connectivity index (χ4n) is 2.92. The minimum atomic E-state index is -0.590. The van der Waals surface area contributed by atoms with E-state index in [1.54, 1.807) is 30.3 Å². The molecular formula is C19H19N3O4S. The third kappa shape index (κ3) is 3.75. The van der Waals surface area contributed by atoms with E-state index in [4.69, 9.17) is 5.73 Å². The van der Waals surface area contributed by atoms with E-state index in [1.807, 2.05) is 6.92 Å². The maximum atomic E-state index is 12.3. The maximum Gasteiger partial charge on any atom is 0.261 e. The zero-order valence-electron chi connectivity index (χ0n) is 14.8. The number of imide groups is 1. The summed E-state index contributed by atoms with van der Waals surface area (Å²) < 4.78 is 0. The van der Waals surface area contributed by atoms with Crippen molar-refractivity contribution in [3.8, 4) is 0 Å². The number of anilines is 1. The van der Waals surface area contributed by atoms with Crippen molar-refractivity contribution in [3.05, 3.63) is 51.9 Å². The van der Waals surface area contributed by atoms with Crippen LogP contribution in [0, 0.1) is 0 Å². The summed E-state index contributed by atoms with van der Waals surface area (Å²) in [4.78, 5) is 50.4. The van der Waals surface area contributed by atoms with Gasteiger partial charge in [-0.25, -0.2) is 0 Å². The van der Waals surface area contributed by atoms with Crippen LogP contribution in [0.25, 0.3) is 0 Å². The lowest BCUT2D eigenvalue weighted by atomic mass is 10.1. The van der Waals surface area contributed by atoms with Gasteiger partial charge in [-0.05, 0) is 31.0 Å². The second-order valence-corrected chi connectivity index (χ2v) is 7.27. The molecule has 0 unspecified atom stereocenters. The highest BCUT2D eigenvalue weighted by molar-refractivity contribution is 7.16. The molecule has 0 bridgehead atoms. The Bertz CT molecular complexity index is 900. The Kier molecular flexibility index (Phi) is 5.36. The number of rotatable bonds is 7. The summed E-state index contributed by atoms with van der Waals surface area (Å²) in [6.45, 7) is 2.11. The molecule has 2 aromatic rings. The van der Waals surface area contributed by atoms with E-state index in [2.05, 4.69) is 5.32 Å². The van der Waals surface area contributed by atoms with Crippen molar-refractivity contribution in [2.45, 2.75) is 26.2 Å². The molecule has 0 saturated heterocycles. The van der Waals surface area contributed by atoms with Crippen molar-refractivity contribution in [1.82, 2.24) is 4.90 Å². The average molecular weight is 385 g/mol. The predicted octanol–water partition coefficient (Wildman–Crippen LogP) is 2.42. The summed E-state index contributed by atoms with van der Waals surface area (Å²) in [5, 5.41) is 3.14. The van der Waals surface area contributed by atoms with Crippen molar-refractivity contribution < 1.29 is 19.2 Å². The van der Waals surface area contributed by atoms with Gasteiger partial charge in [-0.15, -0.1) is 11.3 Å². The number of aryl methyl sites for hydroxylation is 1. The van der Waals surface area contributed by atoms with Crippen molar-refractivity contribution in [2.75, 3.05) is 11.9 Å². The minimum absolute atomic E-state index is 0.116. The van der Waals surface area contributed by atoms with E-state index >= 15 is 0 Å². The zero-order valence-corrected chi connectivity index (χ0v) is 15.6. The first-order valence-electron chi connectivity index (χ1n) is 8.60. The van der Waals surface area contributed by atoms with Gasteiger partial charge >= 0.3 is 0 Å². The van der Waals surface area contributed by atoms with Crippen LogP contribution in [0.1, 0.15) is 55.7 Å². The van der Waals surface area contributed by atoms with Gasteiger partial charge in [0.15, 0.2) is 0 Å². The number of primary amides is 1. The van der Waals surface area contributed by atoms with Crippen LogP contribution < -0.4 is 11.1 Å². The monoisotopic (exact) mass is 385 g/mol. The maximum absolute atomic E-state index is 12.3. The summed E-state index contributed by atoms with van der Waals surface area (Å²) in [5.74, 6) is -1.55. The molecule has 0 atom stereocenters. The quantitative estimate of drug-likeness (QED) is 0.713. The Morgan fingerprint density at radius 3 is 2.33 bits per heavy atom. The Labute approximate surface area is 160 Å². The van der Waals surface area contributed by atoms with Gasteiger partial charge in [-0.3, -0.25) is 24.1 Å². The SMILES string of the molecule is CCc1cc(C(N)=O)c(NC(=O)CCCN2C(=O)c3ccccc3C2=O)s1. The second kappa shape index (κ2) is 7.71. The summed E-state index contributed by atoms with van der Waals surface area (Å²) in [5.41, 5.74) is 6.43. The number of nitrogens with one attached hydrogen (secondary N) is 1. The number of fused-ring (bicyclic) bond motifs is 1. The number of hydrogen-bond donors (Lipinski definition) is 2. The number of amides is 4. The fraction of sp³-hybridized carbons (Fsp3) is 0.263. The number of carbonyl (C=O) groups is 4. The molecule has 8 heteroatoms. The fourth-order valence-corrected chi connectivity index (χ4v) is 3.94. The lowest BCUT2D eigenvalue weighted by molar-refractivity contribution is -0.116. The van der Waals surface area contributed by atoms with Gasteiger partial charge in [-0.2, -0.15) is 0 Å². The van der Waals surface area contributed by atoms with Crippen molar-refractivity contribution >= 4 is 40.0 Å². The van der Waals surface area contributed by atoms with Gasteiger partial charge in [0.05, 0.1) is 16.7 Å². The lowest BCUT2D eigenvalue weighted by Crippen LogP contribution is -2.31. The first kappa shape index (κ1) is 18.8. The Morgan fingerprint density at radius 1 is 1.15 bits per heavy atom. The molecule has 27 heavy (non-hydrogen) atoms. The van der Waals surface area contributed by atoms with Gasteiger partial charge in [0.2, 0.25) is 5.91 Å². The first-order chi connectivity index (χ1) is 12.9. The van der Waals surface area contributed by atoms with Crippen LogP contribution >= 0.6 is 11.3 Å². The third-order valence-corrected chi connectivity index (χ3v) is 5.51. The summed E-state index contributed by atoms with van der Waals surface area (Å²) >= 11 is 1.32. The van der Waals surface area contributed by atoms with Gasteiger partial charge in [-0.1, -0.05) is 19.1 Å². The van der Waals surface area contributed by atoms with E-state index in [0.717, 1.165) is 16.2 Å². The molecule has 0 saturated carbocycles. The molecule has 1 aliphatic rings. The summed E-state index contributed by atoms with van der Waals surface area (Å²) in [6, 6.07) is 8.35. The van der Waals surface area contributed by atoms with Gasteiger partial charge in [0, 0.05) is 17.8 Å². The highest BCUT2D eigenvalue weighted by Gasteiger charge is 2.34. The molecule has 3 N–H and O–H groups in total. The van der Waals surface area contributed by atoms with Crippen molar-refractivity contribution in [3.63, 3.8) is 0 Å². The molecule has 0 radical (unpaired) electrons. The molecule has 7 nitrogen and oxygen atoms in total. The molecule has 0 spiro atoms. The third-order valence-electron chi connectivity index (χ3n) is 4.31. The molecule has 3 rings (SSSR count). The average Bonchev–Trinajstić information content (AvgIpc) is 3.16. The van der Waals surface area contributed by atoms with Crippen LogP contribution in [-0.2, 0) is 11.2 Å². The first-order valence-corrected chi connectivity index (χ1v) is 9.41. The Hall–Kier alpha value is -3.00. The number of nitrogens with zero attached hydrogens (tertiary/aromatic N) is 1. The molecule has 1 aromatic carbocycles. The standard InChI is InChI=1S/C19H19N3O4S/c1-2-11-10-14(16(20)24)17(27-11)21-15(23)8-5-9-22-18(25)12-6-3-4-7-13(12)19(22)26/h3-4,6-7,10H,2,5,8-9H2,1H3,(H2,20,24)(H,21,23). The molecule has 0 aliphatic carbocycles. The highest BCUT2D eigenvalue weighted by atomic mass is 32.1. The highest BCUT2D eigenvalue weighted by Crippen LogP contribution is 2.28. The van der Waals surface area contributed by atoms with E-state index in [0.29, 0.717) is 28.1 Å². The Balaban J connectivity index is 1.57. The molecule has 1 aromatic heterocycles. The number of benzene rings is 1. The molecule has 2 heterocycles. The van der Waals surface area contributed by atoms with Crippen LogP contribution in [0.2, 0.25) is 0 Å². The number of thiophene rings is 1. The van der Waals surface area contributed by atoms with Crippen LogP contribution in [-0.4, -0.2) is 35.1 Å². The lowest BCUT2D eigenvalue weighted by Gasteiger charge is -2.13. The molecule has 1 aliphatic heterocycles. The molecule has 4 amide bonds. The molecular weight excluding hydrogens is 366 g/mol. The topological polar surface area (TPSA) is 110 Å². The van der Waals surface area contributed by atoms with Gasteiger partial charge in [0.25, 0.3) is 17.7 Å². The Morgan fingerprint density at radius 2 is 1.78 bits per heavy atom. The minimum Gasteiger partial charge on any atom is -0.366 e. The van der Waals surface area contributed by atoms with E-state index in [9.17, 15) is 19.2 Å².